The van der Waals surface area contributed by atoms with Crippen molar-refractivity contribution in [1.29, 1.82) is 0 Å². The van der Waals surface area contributed by atoms with Gasteiger partial charge in [0.2, 0.25) is 0 Å². The minimum atomic E-state index is -0.269. The topological polar surface area (TPSA) is 44.8 Å². The molecule has 0 bridgehead atoms. The molecular formula is C21H26FN3O2. The molecule has 1 aliphatic rings. The van der Waals surface area contributed by atoms with Crippen LogP contribution in [0, 0.1) is 5.82 Å². The van der Waals surface area contributed by atoms with Gasteiger partial charge < -0.3 is 15.0 Å². The van der Waals surface area contributed by atoms with Gasteiger partial charge in [0.25, 0.3) is 0 Å². The zero-order valence-electron chi connectivity index (χ0n) is 15.7. The van der Waals surface area contributed by atoms with E-state index < -0.39 is 0 Å². The summed E-state index contributed by atoms with van der Waals surface area (Å²) in [7, 11) is 1.70. The quantitative estimate of drug-likeness (QED) is 0.849. The Kier molecular flexibility index (Phi) is 6.65. The highest BCUT2D eigenvalue weighted by atomic mass is 19.1. The molecule has 1 N–H and O–H groups in total. The van der Waals surface area contributed by atoms with Gasteiger partial charge in [-0.25, -0.2) is 9.18 Å². The second kappa shape index (κ2) is 9.37. The fourth-order valence-corrected chi connectivity index (χ4v) is 3.25. The molecule has 0 saturated carbocycles. The second-order valence-corrected chi connectivity index (χ2v) is 6.68. The van der Waals surface area contributed by atoms with Crippen LogP contribution in [-0.2, 0) is 13.0 Å². The van der Waals surface area contributed by atoms with Crippen molar-refractivity contribution in [1.82, 2.24) is 15.1 Å². The molecular weight excluding hydrogens is 345 g/mol. The summed E-state index contributed by atoms with van der Waals surface area (Å²) < 4.78 is 18.3. The molecule has 0 aliphatic carbocycles. The molecule has 3 rings (SSSR count). The molecule has 1 fully saturated rings. The molecule has 6 heteroatoms. The molecule has 5 nitrogen and oxygen atoms in total. The maximum absolute atomic E-state index is 12.9. The number of piperazine rings is 1. The zero-order chi connectivity index (χ0) is 19.1. The lowest BCUT2D eigenvalue weighted by atomic mass is 10.1. The van der Waals surface area contributed by atoms with Crippen LogP contribution in [0.4, 0.5) is 9.18 Å². The van der Waals surface area contributed by atoms with Gasteiger partial charge in [-0.15, -0.1) is 0 Å². The number of hydrogen-bond donors (Lipinski definition) is 1. The highest BCUT2D eigenvalue weighted by Crippen LogP contribution is 2.18. The molecule has 2 aromatic carbocycles. The lowest BCUT2D eigenvalue weighted by Crippen LogP contribution is -2.51. The summed E-state index contributed by atoms with van der Waals surface area (Å²) in [5, 5.41) is 2.91. The Balaban J connectivity index is 1.40. The van der Waals surface area contributed by atoms with Crippen molar-refractivity contribution in [3.63, 3.8) is 0 Å². The van der Waals surface area contributed by atoms with Gasteiger partial charge in [-0.1, -0.05) is 30.3 Å². The SMILES string of the molecule is COc1ccccc1CCN1CCN(C(=O)NCc2ccc(F)cc2)CC1. The molecule has 2 aromatic rings. The first-order chi connectivity index (χ1) is 13.2. The predicted octanol–water partition coefficient (Wildman–Crippen LogP) is 2.90. The average Bonchev–Trinajstić information content (AvgIpc) is 2.72. The van der Waals surface area contributed by atoms with Gasteiger partial charge in [0.15, 0.2) is 0 Å². The van der Waals surface area contributed by atoms with Crippen LogP contribution >= 0.6 is 0 Å². The summed E-state index contributed by atoms with van der Waals surface area (Å²) >= 11 is 0. The first-order valence-electron chi connectivity index (χ1n) is 9.27. The molecule has 1 heterocycles. The number of rotatable bonds is 6. The lowest BCUT2D eigenvalue weighted by Gasteiger charge is -2.34. The third-order valence-electron chi connectivity index (χ3n) is 4.91. The number of amides is 2. The Hall–Kier alpha value is -2.60. The van der Waals surface area contributed by atoms with Crippen LogP contribution < -0.4 is 10.1 Å². The maximum atomic E-state index is 12.9. The van der Waals surface area contributed by atoms with Crippen LogP contribution in [0.5, 0.6) is 5.75 Å². The predicted molar refractivity (Wildman–Crippen MR) is 103 cm³/mol. The van der Waals surface area contributed by atoms with Gasteiger partial charge >= 0.3 is 6.03 Å². The third kappa shape index (κ3) is 5.44. The molecule has 2 amide bonds. The highest BCUT2D eigenvalue weighted by Gasteiger charge is 2.20. The number of nitrogens with one attached hydrogen (secondary N) is 1. The average molecular weight is 371 g/mol. The summed E-state index contributed by atoms with van der Waals surface area (Å²) in [5.41, 5.74) is 2.10. The number of hydrogen-bond acceptors (Lipinski definition) is 3. The van der Waals surface area contributed by atoms with Crippen molar-refractivity contribution < 1.29 is 13.9 Å². The molecule has 144 valence electrons. The summed E-state index contributed by atoms with van der Waals surface area (Å²) in [4.78, 5) is 16.5. The van der Waals surface area contributed by atoms with Crippen LogP contribution in [-0.4, -0.2) is 55.7 Å². The van der Waals surface area contributed by atoms with E-state index in [1.54, 1.807) is 19.2 Å². The number of urea groups is 1. The van der Waals surface area contributed by atoms with Gasteiger partial charge in [0, 0.05) is 39.3 Å². The van der Waals surface area contributed by atoms with Crippen LogP contribution in [0.1, 0.15) is 11.1 Å². The number of ether oxygens (including phenoxy) is 1. The van der Waals surface area contributed by atoms with Gasteiger partial charge in [-0.3, -0.25) is 4.90 Å². The van der Waals surface area contributed by atoms with E-state index in [0.717, 1.165) is 37.4 Å². The smallest absolute Gasteiger partial charge is 0.317 e. The number of carbonyl (C=O) groups is 1. The molecule has 1 saturated heterocycles. The van der Waals surface area contributed by atoms with E-state index in [1.165, 1.54) is 17.7 Å². The standard InChI is InChI=1S/C21H26FN3O2/c1-27-20-5-3-2-4-18(20)10-11-24-12-14-25(15-13-24)21(26)23-16-17-6-8-19(22)9-7-17/h2-9H,10-16H2,1H3,(H,23,26). The summed E-state index contributed by atoms with van der Waals surface area (Å²) in [5.74, 6) is 0.658. The van der Waals surface area contributed by atoms with E-state index in [9.17, 15) is 9.18 Å². The summed E-state index contributed by atoms with van der Waals surface area (Å²) in [6.45, 7) is 4.50. The van der Waals surface area contributed by atoms with E-state index in [-0.39, 0.29) is 11.8 Å². The number of methoxy groups -OCH3 is 1. The molecule has 0 unspecified atom stereocenters. The number of benzene rings is 2. The Morgan fingerprint density at radius 2 is 1.78 bits per heavy atom. The van der Waals surface area contributed by atoms with Crippen LogP contribution in [0.2, 0.25) is 0 Å². The van der Waals surface area contributed by atoms with Crippen molar-refractivity contribution in [3.05, 3.63) is 65.5 Å². The minimum Gasteiger partial charge on any atom is -0.496 e. The molecule has 27 heavy (non-hydrogen) atoms. The van der Waals surface area contributed by atoms with Crippen molar-refractivity contribution in [2.45, 2.75) is 13.0 Å². The monoisotopic (exact) mass is 371 g/mol. The minimum absolute atomic E-state index is 0.0660. The number of nitrogens with zero attached hydrogens (tertiary/aromatic N) is 2. The second-order valence-electron chi connectivity index (χ2n) is 6.68. The molecule has 0 atom stereocenters. The first-order valence-corrected chi connectivity index (χ1v) is 9.27. The van der Waals surface area contributed by atoms with Crippen molar-refractivity contribution in [2.24, 2.45) is 0 Å². The van der Waals surface area contributed by atoms with Gasteiger partial charge in [0.05, 0.1) is 7.11 Å². The molecule has 1 aliphatic heterocycles. The maximum Gasteiger partial charge on any atom is 0.317 e. The van der Waals surface area contributed by atoms with Crippen LogP contribution in [0.3, 0.4) is 0 Å². The number of carbonyl (C=O) groups excluding carboxylic acids is 1. The summed E-state index contributed by atoms with van der Waals surface area (Å²) in [6, 6.07) is 14.2. The van der Waals surface area contributed by atoms with Crippen molar-refractivity contribution in [3.8, 4) is 5.75 Å². The van der Waals surface area contributed by atoms with Crippen LogP contribution in [0.15, 0.2) is 48.5 Å². The zero-order valence-corrected chi connectivity index (χ0v) is 15.7. The van der Waals surface area contributed by atoms with Crippen molar-refractivity contribution in [2.75, 3.05) is 39.8 Å². The highest BCUT2D eigenvalue weighted by molar-refractivity contribution is 5.74. The Bertz CT molecular complexity index is 743. The van der Waals surface area contributed by atoms with E-state index in [0.29, 0.717) is 19.6 Å². The Labute approximate surface area is 159 Å². The summed E-state index contributed by atoms with van der Waals surface area (Å²) in [6.07, 6.45) is 0.931. The fourth-order valence-electron chi connectivity index (χ4n) is 3.25. The van der Waals surface area contributed by atoms with E-state index in [4.69, 9.17) is 4.74 Å². The van der Waals surface area contributed by atoms with Crippen molar-refractivity contribution >= 4 is 6.03 Å². The van der Waals surface area contributed by atoms with Gasteiger partial charge in [-0.05, 0) is 35.7 Å². The third-order valence-corrected chi connectivity index (χ3v) is 4.91. The first kappa shape index (κ1) is 19.2. The van der Waals surface area contributed by atoms with Gasteiger partial charge in [-0.2, -0.15) is 0 Å². The van der Waals surface area contributed by atoms with Gasteiger partial charge in [0.1, 0.15) is 11.6 Å². The number of para-hydroxylation sites is 1. The normalized spacial score (nSPS) is 14.8. The fraction of sp³-hybridized carbons (Fsp3) is 0.381. The Morgan fingerprint density at radius 3 is 2.48 bits per heavy atom. The Morgan fingerprint density at radius 1 is 1.07 bits per heavy atom. The van der Waals surface area contributed by atoms with E-state index in [1.807, 2.05) is 23.1 Å². The molecule has 0 radical (unpaired) electrons. The lowest BCUT2D eigenvalue weighted by molar-refractivity contribution is 0.139. The largest absolute Gasteiger partial charge is 0.496 e. The van der Waals surface area contributed by atoms with E-state index in [2.05, 4.69) is 16.3 Å². The van der Waals surface area contributed by atoms with Crippen LogP contribution in [0.25, 0.3) is 0 Å². The van der Waals surface area contributed by atoms with E-state index >= 15 is 0 Å². The molecule has 0 aromatic heterocycles. The number of halogens is 1. The molecule has 0 spiro atoms.